The van der Waals surface area contributed by atoms with E-state index in [0.717, 1.165) is 26.4 Å². The van der Waals surface area contributed by atoms with Gasteiger partial charge in [-0.1, -0.05) is 12.1 Å². The van der Waals surface area contributed by atoms with Crippen LogP contribution in [0.5, 0.6) is 0 Å². The van der Waals surface area contributed by atoms with E-state index in [-0.39, 0.29) is 0 Å². The van der Waals surface area contributed by atoms with E-state index < -0.39 is 17.8 Å². The van der Waals surface area contributed by atoms with Gasteiger partial charge >= 0.3 is 6.18 Å². The largest absolute Gasteiger partial charge is 0.416 e. The maximum atomic E-state index is 12.7. The topological polar surface area (TPSA) is 26.0 Å². The van der Waals surface area contributed by atoms with Crippen molar-refractivity contribution in [1.82, 2.24) is 0 Å². The van der Waals surface area contributed by atoms with Crippen LogP contribution in [0.25, 0.3) is 0 Å². The zero-order valence-electron chi connectivity index (χ0n) is 9.96. The number of thiophene rings is 1. The van der Waals surface area contributed by atoms with Crippen LogP contribution in [-0.4, -0.2) is 0 Å². The number of nitrogens with two attached hydrogens (primary N) is 1. The molecule has 0 aliphatic rings. The second kappa shape index (κ2) is 5.26. The maximum Gasteiger partial charge on any atom is 0.416 e. The Morgan fingerprint density at radius 1 is 1.26 bits per heavy atom. The standard InChI is InChI=1S/C13H11BrF3NS/c1-7-5-10(19-12(7)14)11(18)8-3-2-4-9(6-8)13(15,16)17/h2-6,11H,18H2,1H3. The van der Waals surface area contributed by atoms with Gasteiger partial charge in [0.05, 0.1) is 15.4 Å². The fourth-order valence-electron chi connectivity index (χ4n) is 1.71. The van der Waals surface area contributed by atoms with E-state index in [9.17, 15) is 13.2 Å². The molecule has 0 spiro atoms. The zero-order chi connectivity index (χ0) is 14.2. The van der Waals surface area contributed by atoms with Crippen molar-refractivity contribution < 1.29 is 13.2 Å². The average molecular weight is 350 g/mol. The van der Waals surface area contributed by atoms with E-state index in [4.69, 9.17) is 5.73 Å². The summed E-state index contributed by atoms with van der Waals surface area (Å²) >= 11 is 4.83. The molecule has 1 nitrogen and oxygen atoms in total. The molecule has 0 saturated carbocycles. The lowest BCUT2D eigenvalue weighted by Gasteiger charge is -2.13. The van der Waals surface area contributed by atoms with Crippen LogP contribution in [-0.2, 0) is 6.18 Å². The van der Waals surface area contributed by atoms with Gasteiger partial charge < -0.3 is 5.73 Å². The Kier molecular flexibility index (Phi) is 4.03. The minimum Gasteiger partial charge on any atom is -0.320 e. The minimum absolute atomic E-state index is 0.462. The summed E-state index contributed by atoms with van der Waals surface area (Å²) in [6.07, 6.45) is -4.35. The molecule has 1 aromatic heterocycles. The van der Waals surface area contributed by atoms with Crippen molar-refractivity contribution in [2.24, 2.45) is 5.73 Å². The Morgan fingerprint density at radius 2 is 1.95 bits per heavy atom. The Bertz CT molecular complexity index is 572. The third-order valence-corrected chi connectivity index (χ3v) is 4.98. The van der Waals surface area contributed by atoms with E-state index in [1.54, 1.807) is 6.07 Å². The summed E-state index contributed by atoms with van der Waals surface area (Å²) in [5, 5.41) is 0. The Balaban J connectivity index is 2.36. The van der Waals surface area contributed by atoms with Gasteiger partial charge in [-0.15, -0.1) is 11.3 Å². The summed E-state index contributed by atoms with van der Waals surface area (Å²) in [6.45, 7) is 1.92. The van der Waals surface area contributed by atoms with Gasteiger partial charge in [-0.05, 0) is 52.2 Å². The predicted octanol–water partition coefficient (Wildman–Crippen LogP) is 4.89. The van der Waals surface area contributed by atoms with E-state index in [2.05, 4.69) is 15.9 Å². The number of hydrogen-bond donors (Lipinski definition) is 1. The number of rotatable bonds is 2. The van der Waals surface area contributed by atoms with Crippen molar-refractivity contribution in [3.63, 3.8) is 0 Å². The van der Waals surface area contributed by atoms with Gasteiger partial charge in [-0.25, -0.2) is 0 Å². The second-order valence-corrected chi connectivity index (χ2v) is 6.61. The van der Waals surface area contributed by atoms with Crippen LogP contribution in [0.15, 0.2) is 34.1 Å². The third kappa shape index (κ3) is 3.19. The highest BCUT2D eigenvalue weighted by Gasteiger charge is 2.30. The fourth-order valence-corrected chi connectivity index (χ4v) is 3.31. The third-order valence-electron chi connectivity index (χ3n) is 2.76. The first-order valence-electron chi connectivity index (χ1n) is 5.47. The molecule has 6 heteroatoms. The first-order valence-corrected chi connectivity index (χ1v) is 7.08. The lowest BCUT2D eigenvalue weighted by atomic mass is 10.0. The molecule has 0 amide bonds. The molecule has 19 heavy (non-hydrogen) atoms. The predicted molar refractivity (Wildman–Crippen MR) is 74.2 cm³/mol. The normalized spacial score (nSPS) is 13.6. The molecular weight excluding hydrogens is 339 g/mol. The van der Waals surface area contributed by atoms with Crippen molar-refractivity contribution in [3.05, 3.63) is 55.7 Å². The first-order chi connectivity index (χ1) is 8.79. The Labute approximate surface area is 121 Å². The molecule has 1 atom stereocenters. The molecule has 0 radical (unpaired) electrons. The summed E-state index contributed by atoms with van der Waals surface area (Å²) in [5.41, 5.74) is 6.85. The molecule has 0 bridgehead atoms. The van der Waals surface area contributed by atoms with Crippen molar-refractivity contribution in [2.45, 2.75) is 19.1 Å². The number of aryl methyl sites for hydroxylation is 1. The number of halogens is 4. The molecule has 1 unspecified atom stereocenters. The average Bonchev–Trinajstić information content (AvgIpc) is 2.68. The van der Waals surface area contributed by atoms with Gasteiger partial charge in [-0.3, -0.25) is 0 Å². The monoisotopic (exact) mass is 349 g/mol. The van der Waals surface area contributed by atoms with Gasteiger partial charge in [0.15, 0.2) is 0 Å². The summed E-state index contributed by atoms with van der Waals surface area (Å²) in [4.78, 5) is 0.837. The van der Waals surface area contributed by atoms with Crippen molar-refractivity contribution in [3.8, 4) is 0 Å². The summed E-state index contributed by atoms with van der Waals surface area (Å²) in [6, 6.07) is 6.49. The van der Waals surface area contributed by atoms with E-state index >= 15 is 0 Å². The van der Waals surface area contributed by atoms with Crippen LogP contribution in [0.4, 0.5) is 13.2 Å². The van der Waals surface area contributed by atoms with Crippen LogP contribution >= 0.6 is 27.3 Å². The lowest BCUT2D eigenvalue weighted by Crippen LogP contribution is -2.12. The highest BCUT2D eigenvalue weighted by atomic mass is 79.9. The Hall–Kier alpha value is -0.850. The van der Waals surface area contributed by atoms with Gasteiger partial charge in [0.2, 0.25) is 0 Å². The zero-order valence-corrected chi connectivity index (χ0v) is 12.4. The lowest BCUT2D eigenvalue weighted by molar-refractivity contribution is -0.137. The first kappa shape index (κ1) is 14.6. The van der Waals surface area contributed by atoms with Crippen molar-refractivity contribution in [1.29, 1.82) is 0 Å². The van der Waals surface area contributed by atoms with Gasteiger partial charge in [0, 0.05) is 4.88 Å². The number of alkyl halides is 3. The highest BCUT2D eigenvalue weighted by Crippen LogP contribution is 2.35. The molecule has 1 heterocycles. The molecule has 0 fully saturated rings. The highest BCUT2D eigenvalue weighted by molar-refractivity contribution is 9.11. The smallest absolute Gasteiger partial charge is 0.320 e. The summed E-state index contributed by atoms with van der Waals surface area (Å²) in [7, 11) is 0. The van der Waals surface area contributed by atoms with Crippen LogP contribution in [0.2, 0.25) is 0 Å². The van der Waals surface area contributed by atoms with Gasteiger partial charge in [0.1, 0.15) is 0 Å². The van der Waals surface area contributed by atoms with Crippen molar-refractivity contribution in [2.75, 3.05) is 0 Å². The van der Waals surface area contributed by atoms with E-state index in [1.165, 1.54) is 17.4 Å². The van der Waals surface area contributed by atoms with Crippen LogP contribution in [0.3, 0.4) is 0 Å². The molecule has 0 saturated heterocycles. The molecule has 2 N–H and O–H groups in total. The quantitative estimate of drug-likeness (QED) is 0.820. The van der Waals surface area contributed by atoms with Crippen LogP contribution in [0.1, 0.15) is 27.6 Å². The molecule has 0 aliphatic carbocycles. The molecule has 2 rings (SSSR count). The molecule has 102 valence electrons. The van der Waals surface area contributed by atoms with Gasteiger partial charge in [0.25, 0.3) is 0 Å². The molecular formula is C13H11BrF3NS. The van der Waals surface area contributed by atoms with Crippen LogP contribution < -0.4 is 5.73 Å². The van der Waals surface area contributed by atoms with E-state index in [0.29, 0.717) is 5.56 Å². The Morgan fingerprint density at radius 3 is 2.47 bits per heavy atom. The van der Waals surface area contributed by atoms with Gasteiger partial charge in [-0.2, -0.15) is 13.2 Å². The van der Waals surface area contributed by atoms with Crippen LogP contribution in [0, 0.1) is 6.92 Å². The summed E-state index contributed by atoms with van der Waals surface area (Å²) < 4.78 is 38.9. The minimum atomic E-state index is -4.35. The maximum absolute atomic E-state index is 12.7. The molecule has 1 aromatic carbocycles. The van der Waals surface area contributed by atoms with E-state index in [1.807, 2.05) is 13.0 Å². The number of hydrogen-bond acceptors (Lipinski definition) is 2. The molecule has 2 aromatic rings. The van der Waals surface area contributed by atoms with Crippen molar-refractivity contribution >= 4 is 27.3 Å². The number of benzene rings is 1. The fraction of sp³-hybridized carbons (Fsp3) is 0.231. The second-order valence-electron chi connectivity index (χ2n) is 4.21. The summed E-state index contributed by atoms with van der Waals surface area (Å²) in [5.74, 6) is 0. The SMILES string of the molecule is Cc1cc(C(N)c2cccc(C(F)(F)F)c2)sc1Br. The molecule has 0 aliphatic heterocycles.